The van der Waals surface area contributed by atoms with Gasteiger partial charge in [-0.15, -0.1) is 0 Å². The molecule has 2 aromatic rings. The Hall–Kier alpha value is -1.46. The molecule has 0 radical (unpaired) electrons. The summed E-state index contributed by atoms with van der Waals surface area (Å²) >= 11 is 1.32. The van der Waals surface area contributed by atoms with Crippen LogP contribution in [-0.2, 0) is 9.53 Å². The molecule has 0 saturated heterocycles. The van der Waals surface area contributed by atoms with E-state index >= 15 is 0 Å². The average Bonchev–Trinajstić information content (AvgIpc) is 2.73. The van der Waals surface area contributed by atoms with Crippen molar-refractivity contribution in [1.29, 1.82) is 0 Å². The van der Waals surface area contributed by atoms with Crippen molar-refractivity contribution >= 4 is 27.6 Å². The van der Waals surface area contributed by atoms with E-state index in [2.05, 4.69) is 9.11 Å². The van der Waals surface area contributed by atoms with Crippen molar-refractivity contribution in [2.24, 2.45) is 0 Å². The summed E-state index contributed by atoms with van der Waals surface area (Å²) in [7, 11) is 1.25. The quantitative estimate of drug-likeness (QED) is 0.784. The zero-order valence-electron chi connectivity index (χ0n) is 8.01. The predicted octanol–water partition coefficient (Wildman–Crippen LogP) is 1.50. The largest absolute Gasteiger partial charge is 0.467 e. The maximum Gasteiger partial charge on any atom is 0.339 e. The van der Waals surface area contributed by atoms with Crippen molar-refractivity contribution in [3.63, 3.8) is 0 Å². The van der Waals surface area contributed by atoms with E-state index in [-0.39, 0.29) is 0 Å². The van der Waals surface area contributed by atoms with Gasteiger partial charge in [0.05, 0.1) is 11.8 Å². The number of hydrogen-bond acceptors (Lipinski definition) is 5. The minimum absolute atomic E-state index is 0.526. The Morgan fingerprint density at radius 1 is 1.60 bits per heavy atom. The summed E-state index contributed by atoms with van der Waals surface area (Å²) in [4.78, 5) is 11.1. The minimum atomic E-state index is -1.22. The molecule has 1 aromatic carbocycles. The summed E-state index contributed by atoms with van der Waals surface area (Å²) in [6, 6.07) is 5.26. The molecule has 0 aliphatic carbocycles. The highest BCUT2D eigenvalue weighted by Gasteiger charge is 2.18. The first-order chi connectivity index (χ1) is 7.22. The van der Waals surface area contributed by atoms with E-state index < -0.39 is 12.1 Å². The average molecular weight is 223 g/mol. The molecule has 0 spiro atoms. The van der Waals surface area contributed by atoms with E-state index in [0.29, 0.717) is 5.56 Å². The van der Waals surface area contributed by atoms with Crippen molar-refractivity contribution in [2.45, 2.75) is 6.10 Å². The predicted molar refractivity (Wildman–Crippen MR) is 56.6 cm³/mol. The lowest BCUT2D eigenvalue weighted by molar-refractivity contribution is -0.150. The third kappa shape index (κ3) is 1.84. The monoisotopic (exact) mass is 223 g/mol. The van der Waals surface area contributed by atoms with E-state index in [0.717, 1.165) is 10.1 Å². The molecule has 1 heterocycles. The zero-order valence-corrected chi connectivity index (χ0v) is 8.82. The topological polar surface area (TPSA) is 59.4 Å². The molecule has 0 fully saturated rings. The van der Waals surface area contributed by atoms with Crippen LogP contribution in [0.15, 0.2) is 24.4 Å². The number of ether oxygens (including phenoxy) is 1. The fourth-order valence-electron chi connectivity index (χ4n) is 1.29. The van der Waals surface area contributed by atoms with Gasteiger partial charge in [-0.1, -0.05) is 12.1 Å². The van der Waals surface area contributed by atoms with E-state index in [9.17, 15) is 9.90 Å². The van der Waals surface area contributed by atoms with Crippen molar-refractivity contribution in [3.8, 4) is 0 Å². The molecule has 15 heavy (non-hydrogen) atoms. The molecule has 2 rings (SSSR count). The first-order valence-corrected chi connectivity index (χ1v) is 5.10. The molecule has 1 atom stereocenters. The molecule has 1 aromatic heterocycles. The number of rotatable bonds is 2. The Bertz CT molecular complexity index is 494. The van der Waals surface area contributed by atoms with Gasteiger partial charge < -0.3 is 9.84 Å². The van der Waals surface area contributed by atoms with E-state index in [4.69, 9.17) is 0 Å². The summed E-state index contributed by atoms with van der Waals surface area (Å²) in [5, 5.41) is 10.6. The summed E-state index contributed by atoms with van der Waals surface area (Å²) in [5.41, 5.74) is 0.526. The molecule has 1 N–H and O–H groups in total. The Kier molecular flexibility index (Phi) is 2.66. The first-order valence-electron chi connectivity index (χ1n) is 4.32. The van der Waals surface area contributed by atoms with Gasteiger partial charge in [-0.2, -0.15) is 4.37 Å². The maximum atomic E-state index is 11.1. The van der Waals surface area contributed by atoms with Gasteiger partial charge >= 0.3 is 5.97 Å². The fraction of sp³-hybridized carbons (Fsp3) is 0.200. The van der Waals surface area contributed by atoms with Gasteiger partial charge in [-0.3, -0.25) is 0 Å². The molecule has 0 amide bonds. The molecule has 0 aliphatic rings. The molecule has 78 valence electrons. The molecule has 4 nitrogen and oxygen atoms in total. The van der Waals surface area contributed by atoms with E-state index in [1.54, 1.807) is 18.3 Å². The summed E-state index contributed by atoms with van der Waals surface area (Å²) in [6.07, 6.45) is 0.524. The number of esters is 1. The third-order valence-corrected chi connectivity index (χ3v) is 2.88. The Labute approximate surface area is 90.3 Å². The standard InChI is InChI=1S/C10H9NO3S/c1-14-10(13)9(12)6-2-3-7-5-11-15-8(7)4-6/h2-5,9,12H,1H3. The van der Waals surface area contributed by atoms with Crippen molar-refractivity contribution in [2.75, 3.05) is 7.11 Å². The van der Waals surface area contributed by atoms with Crippen molar-refractivity contribution in [3.05, 3.63) is 30.0 Å². The lowest BCUT2D eigenvalue weighted by Crippen LogP contribution is -2.13. The highest BCUT2D eigenvalue weighted by Crippen LogP contribution is 2.23. The van der Waals surface area contributed by atoms with Gasteiger partial charge in [0.2, 0.25) is 0 Å². The zero-order chi connectivity index (χ0) is 10.8. The number of methoxy groups -OCH3 is 1. The fourth-order valence-corrected chi connectivity index (χ4v) is 1.99. The van der Waals surface area contributed by atoms with Crippen LogP contribution in [0.5, 0.6) is 0 Å². The van der Waals surface area contributed by atoms with Crippen LogP contribution in [0.2, 0.25) is 0 Å². The van der Waals surface area contributed by atoms with Crippen LogP contribution in [0.25, 0.3) is 10.1 Å². The SMILES string of the molecule is COC(=O)C(O)c1ccc2cnsc2c1. The van der Waals surface area contributed by atoms with Crippen LogP contribution in [0, 0.1) is 0 Å². The van der Waals surface area contributed by atoms with Gasteiger partial charge in [0, 0.05) is 11.6 Å². The number of nitrogens with zero attached hydrogens (tertiary/aromatic N) is 1. The van der Waals surface area contributed by atoms with Crippen LogP contribution < -0.4 is 0 Å². The number of aliphatic hydroxyl groups is 1. The Balaban J connectivity index is 2.39. The summed E-state index contributed by atoms with van der Waals surface area (Å²) in [6.45, 7) is 0. The number of hydrogen-bond donors (Lipinski definition) is 1. The van der Waals surface area contributed by atoms with Gasteiger partial charge in [-0.25, -0.2) is 4.79 Å². The lowest BCUT2D eigenvalue weighted by Gasteiger charge is -2.07. The van der Waals surface area contributed by atoms with E-state index in [1.807, 2.05) is 6.07 Å². The molecule has 0 saturated carbocycles. The number of aliphatic hydroxyl groups excluding tert-OH is 1. The second-order valence-corrected chi connectivity index (χ2v) is 3.88. The molecular formula is C10H9NO3S. The van der Waals surface area contributed by atoms with Crippen LogP contribution in [-0.4, -0.2) is 22.6 Å². The van der Waals surface area contributed by atoms with Gasteiger partial charge in [0.25, 0.3) is 0 Å². The number of aromatic nitrogens is 1. The molecule has 5 heteroatoms. The lowest BCUT2D eigenvalue weighted by atomic mass is 10.1. The van der Waals surface area contributed by atoms with Crippen LogP contribution in [0.4, 0.5) is 0 Å². The van der Waals surface area contributed by atoms with Crippen molar-refractivity contribution in [1.82, 2.24) is 4.37 Å². The minimum Gasteiger partial charge on any atom is -0.467 e. The van der Waals surface area contributed by atoms with Crippen molar-refractivity contribution < 1.29 is 14.6 Å². The normalized spacial score (nSPS) is 12.7. The van der Waals surface area contributed by atoms with Gasteiger partial charge in [0.1, 0.15) is 0 Å². The maximum absolute atomic E-state index is 11.1. The second kappa shape index (κ2) is 3.96. The smallest absolute Gasteiger partial charge is 0.339 e. The Morgan fingerprint density at radius 2 is 2.40 bits per heavy atom. The number of carbonyl (C=O) groups is 1. The highest BCUT2D eigenvalue weighted by atomic mass is 32.1. The molecule has 0 aliphatic heterocycles. The van der Waals surface area contributed by atoms with Gasteiger partial charge in [-0.05, 0) is 23.2 Å². The van der Waals surface area contributed by atoms with E-state index in [1.165, 1.54) is 18.6 Å². The van der Waals surface area contributed by atoms with Crippen LogP contribution >= 0.6 is 11.5 Å². The molecule has 1 unspecified atom stereocenters. The van der Waals surface area contributed by atoms with Crippen LogP contribution in [0.3, 0.4) is 0 Å². The highest BCUT2D eigenvalue weighted by molar-refractivity contribution is 7.13. The number of fused-ring (bicyclic) bond motifs is 1. The van der Waals surface area contributed by atoms with Crippen LogP contribution in [0.1, 0.15) is 11.7 Å². The Morgan fingerprint density at radius 3 is 3.13 bits per heavy atom. The number of carbonyl (C=O) groups excluding carboxylic acids is 1. The number of benzene rings is 1. The molecule has 0 bridgehead atoms. The summed E-state index contributed by atoms with van der Waals surface area (Å²) in [5.74, 6) is -0.654. The molecular weight excluding hydrogens is 214 g/mol. The second-order valence-electron chi connectivity index (χ2n) is 3.05. The third-order valence-electron chi connectivity index (χ3n) is 2.12. The van der Waals surface area contributed by atoms with Gasteiger partial charge in [0.15, 0.2) is 6.10 Å². The first kappa shape index (κ1) is 10.1. The summed E-state index contributed by atoms with van der Waals surface area (Å²) < 4.78 is 9.41.